The Morgan fingerprint density at radius 1 is 1.05 bits per heavy atom. The van der Waals surface area contributed by atoms with Gasteiger partial charge in [-0.3, -0.25) is 19.8 Å². The molecule has 2 N–H and O–H groups in total. The summed E-state index contributed by atoms with van der Waals surface area (Å²) in [5, 5.41) is 11.4. The van der Waals surface area contributed by atoms with Gasteiger partial charge in [0.15, 0.2) is 0 Å². The maximum atomic E-state index is 15.6. The average Bonchev–Trinajstić information content (AvgIpc) is 3.53. The zero-order chi connectivity index (χ0) is 28.6. The van der Waals surface area contributed by atoms with Gasteiger partial charge in [0.25, 0.3) is 5.91 Å². The molecule has 0 spiro atoms. The van der Waals surface area contributed by atoms with Crippen LogP contribution in [0.2, 0.25) is 0 Å². The maximum absolute atomic E-state index is 15.6. The summed E-state index contributed by atoms with van der Waals surface area (Å²) in [6.07, 6.45) is 5.71. The van der Waals surface area contributed by atoms with Crippen LogP contribution in [0.5, 0.6) is 5.75 Å². The highest BCUT2D eigenvalue weighted by molar-refractivity contribution is 5.97. The summed E-state index contributed by atoms with van der Waals surface area (Å²) in [6.45, 7) is 4.78. The first-order valence-electron chi connectivity index (χ1n) is 14.8. The molecule has 1 amide bonds. The molecule has 2 aromatic heterocycles. The molecule has 9 nitrogen and oxygen atoms in total. The molecule has 2 unspecified atom stereocenters. The van der Waals surface area contributed by atoms with Gasteiger partial charge in [-0.15, -0.1) is 0 Å². The number of ether oxygens (including phenoxy) is 2. The minimum atomic E-state index is -0.574. The molecule has 42 heavy (non-hydrogen) atoms. The van der Waals surface area contributed by atoms with E-state index in [1.165, 1.54) is 31.7 Å². The number of halogens is 1. The third-order valence-corrected chi connectivity index (χ3v) is 8.85. The lowest BCUT2D eigenvalue weighted by Gasteiger charge is -2.42. The average molecular weight is 571 g/mol. The Kier molecular flexibility index (Phi) is 7.25. The van der Waals surface area contributed by atoms with Crippen LogP contribution in [0, 0.1) is 5.82 Å². The number of rotatable bonds is 1. The molecular formula is C32H35FN6O3. The van der Waals surface area contributed by atoms with Crippen molar-refractivity contribution in [3.63, 3.8) is 0 Å². The van der Waals surface area contributed by atoms with E-state index >= 15 is 4.39 Å². The van der Waals surface area contributed by atoms with Gasteiger partial charge in [-0.1, -0.05) is 12.1 Å². The minimum Gasteiger partial charge on any atom is -0.496 e. The number of hydrogen-bond acceptors (Lipinski definition) is 7. The second-order valence-electron chi connectivity index (χ2n) is 11.4. The van der Waals surface area contributed by atoms with Gasteiger partial charge in [-0.25, -0.2) is 4.39 Å². The van der Waals surface area contributed by atoms with Crippen molar-refractivity contribution in [1.29, 1.82) is 0 Å². The normalized spacial score (nSPS) is 22.9. The number of carbonyl (C=O) groups is 1. The number of aromatic amines is 1. The summed E-state index contributed by atoms with van der Waals surface area (Å²) < 4.78 is 27.1. The molecule has 10 rings (SSSR count). The summed E-state index contributed by atoms with van der Waals surface area (Å²) in [4.78, 5) is 22.5. The van der Waals surface area contributed by atoms with Gasteiger partial charge in [-0.2, -0.15) is 5.10 Å². The molecule has 6 aliphatic rings. The molecule has 6 aliphatic heterocycles. The lowest BCUT2D eigenvalue weighted by molar-refractivity contribution is 0.0759. The number of methoxy groups -OCH3 is 1. The predicted molar refractivity (Wildman–Crippen MR) is 159 cm³/mol. The molecule has 8 heterocycles. The zero-order valence-electron chi connectivity index (χ0n) is 23.7. The number of H-pyrrole nitrogens is 1. The number of piperazine rings is 1. The number of pyridine rings is 1. The number of carbonyl (C=O) groups excluding carboxylic acids is 1. The van der Waals surface area contributed by atoms with E-state index in [1.807, 2.05) is 6.07 Å². The van der Waals surface area contributed by atoms with Crippen molar-refractivity contribution < 1.29 is 18.7 Å². The van der Waals surface area contributed by atoms with Crippen molar-refractivity contribution in [2.45, 2.75) is 37.8 Å². The summed E-state index contributed by atoms with van der Waals surface area (Å²) in [6, 6.07) is 14.2. The van der Waals surface area contributed by atoms with E-state index in [1.54, 1.807) is 12.3 Å². The molecule has 2 aromatic carbocycles. The molecule has 4 aromatic rings. The van der Waals surface area contributed by atoms with Crippen LogP contribution in [0.1, 0.15) is 36.0 Å². The summed E-state index contributed by atoms with van der Waals surface area (Å²) in [5.74, 6) is -0.671. The van der Waals surface area contributed by atoms with E-state index in [0.717, 1.165) is 54.6 Å². The third kappa shape index (κ3) is 4.98. The Balaban J connectivity index is 1.28. The van der Waals surface area contributed by atoms with Gasteiger partial charge in [0.05, 0.1) is 36.7 Å². The van der Waals surface area contributed by atoms with E-state index < -0.39 is 5.82 Å². The molecule has 2 fully saturated rings. The van der Waals surface area contributed by atoms with Crippen LogP contribution >= 0.6 is 0 Å². The van der Waals surface area contributed by atoms with Gasteiger partial charge < -0.3 is 19.7 Å². The highest BCUT2D eigenvalue weighted by Gasteiger charge is 2.39. The number of hydrogen-bond donors (Lipinski definition) is 2. The van der Waals surface area contributed by atoms with Crippen molar-refractivity contribution in [2.24, 2.45) is 0 Å². The topological polar surface area (TPSA) is 95.6 Å². The molecule has 0 aliphatic carbocycles. The maximum Gasteiger partial charge on any atom is 0.251 e. The lowest BCUT2D eigenvalue weighted by Crippen LogP contribution is -2.54. The standard InChI is InChI=1S/C32H35FN6O3/c1-41-29-15-21-14-26(33)30(29)27-16-25-28(17-35-27)36-37-31(25)20-5-4-6-22(13-20)38-18-23-7-8-24(19-38)39(23)10-12-42-11-3-2-9-34-32(21)40/h4-6,13-17,23-24H,2-3,7-12,18-19H2,1H3,(H,34,40)(H,36,37). The van der Waals surface area contributed by atoms with Crippen molar-refractivity contribution in [3.05, 3.63) is 60.0 Å². The largest absolute Gasteiger partial charge is 0.496 e. The van der Waals surface area contributed by atoms with Gasteiger partial charge >= 0.3 is 0 Å². The quantitative estimate of drug-likeness (QED) is 0.345. The smallest absolute Gasteiger partial charge is 0.251 e. The Labute approximate surface area is 244 Å². The van der Waals surface area contributed by atoms with E-state index in [4.69, 9.17) is 9.47 Å². The molecule has 0 radical (unpaired) electrons. The monoisotopic (exact) mass is 570 g/mol. The highest BCUT2D eigenvalue weighted by atomic mass is 19.1. The summed E-state index contributed by atoms with van der Waals surface area (Å²) >= 11 is 0. The SMILES string of the molecule is COc1cc2cc(F)c1-c1cc3c(n[nH]c3cn1)-c1cccc(c1)N1CC3CCC(C1)N3CCOCCCCNC2=O. The third-order valence-electron chi connectivity index (χ3n) is 8.85. The zero-order valence-corrected chi connectivity index (χ0v) is 23.7. The fraction of sp³-hybridized carbons (Fsp3) is 0.406. The fourth-order valence-corrected chi connectivity index (χ4v) is 6.72. The second-order valence-corrected chi connectivity index (χ2v) is 11.4. The lowest BCUT2D eigenvalue weighted by atomic mass is 10.0. The molecular weight excluding hydrogens is 535 g/mol. The van der Waals surface area contributed by atoms with Gasteiger partial charge in [-0.05, 0) is 56.0 Å². The Bertz CT molecular complexity index is 1610. The van der Waals surface area contributed by atoms with Crippen LogP contribution < -0.4 is 15.0 Å². The molecule has 2 saturated heterocycles. The van der Waals surface area contributed by atoms with Crippen molar-refractivity contribution in [3.8, 4) is 28.3 Å². The van der Waals surface area contributed by atoms with Crippen LogP contribution in [0.25, 0.3) is 33.4 Å². The number of aromatic nitrogens is 3. The van der Waals surface area contributed by atoms with Crippen molar-refractivity contribution in [2.75, 3.05) is 51.4 Å². The van der Waals surface area contributed by atoms with Crippen LogP contribution in [0.4, 0.5) is 10.1 Å². The Morgan fingerprint density at radius 3 is 2.74 bits per heavy atom. The van der Waals surface area contributed by atoms with Gasteiger partial charge in [0.2, 0.25) is 0 Å². The van der Waals surface area contributed by atoms with Crippen LogP contribution in [-0.4, -0.2) is 84.6 Å². The summed E-state index contributed by atoms with van der Waals surface area (Å²) in [7, 11) is 1.47. The summed E-state index contributed by atoms with van der Waals surface area (Å²) in [5.41, 5.74) is 4.51. The molecule has 2 atom stereocenters. The molecule has 10 heteroatoms. The predicted octanol–water partition coefficient (Wildman–Crippen LogP) is 4.63. The fourth-order valence-electron chi connectivity index (χ4n) is 6.72. The number of nitrogens with one attached hydrogen (secondary N) is 2. The first kappa shape index (κ1) is 26.9. The number of amides is 1. The van der Waals surface area contributed by atoms with E-state index in [-0.39, 0.29) is 22.8 Å². The molecule has 218 valence electrons. The van der Waals surface area contributed by atoms with Crippen LogP contribution in [0.3, 0.4) is 0 Å². The molecule has 10 bridgehead atoms. The number of nitrogens with zero attached hydrogens (tertiary/aromatic N) is 4. The number of anilines is 1. The first-order valence-corrected chi connectivity index (χ1v) is 14.8. The molecule has 0 saturated carbocycles. The van der Waals surface area contributed by atoms with Crippen LogP contribution in [-0.2, 0) is 4.74 Å². The van der Waals surface area contributed by atoms with Crippen LogP contribution in [0.15, 0.2) is 48.7 Å². The van der Waals surface area contributed by atoms with E-state index in [0.29, 0.717) is 37.5 Å². The Hall–Kier alpha value is -4.02. The van der Waals surface area contributed by atoms with E-state index in [9.17, 15) is 4.79 Å². The highest BCUT2D eigenvalue weighted by Crippen LogP contribution is 2.37. The number of benzene rings is 2. The first-order chi connectivity index (χ1) is 20.6. The second kappa shape index (κ2) is 11.3. The van der Waals surface area contributed by atoms with Crippen molar-refractivity contribution >= 4 is 22.5 Å². The Morgan fingerprint density at radius 2 is 1.90 bits per heavy atom. The van der Waals surface area contributed by atoms with Crippen molar-refractivity contribution in [1.82, 2.24) is 25.4 Å². The minimum absolute atomic E-state index is 0.203. The van der Waals surface area contributed by atoms with E-state index in [2.05, 4.69) is 54.6 Å². The van der Waals surface area contributed by atoms with Gasteiger partial charge in [0.1, 0.15) is 17.3 Å². The van der Waals surface area contributed by atoms with Gasteiger partial charge in [0, 0.05) is 67.1 Å².